The van der Waals surface area contributed by atoms with Crippen LogP contribution in [0.3, 0.4) is 0 Å². The average molecular weight is 286 g/mol. The van der Waals surface area contributed by atoms with Crippen LogP contribution < -0.4 is 5.32 Å². The number of benzene rings is 1. The number of hydrogen-bond donors (Lipinski definition) is 1. The van der Waals surface area contributed by atoms with Gasteiger partial charge in [-0.2, -0.15) is 0 Å². The number of carbonyl (C=O) groups excluding carboxylic acids is 1. The Morgan fingerprint density at radius 2 is 1.85 bits per heavy atom. The third-order valence-corrected chi connectivity index (χ3v) is 4.14. The molecule has 0 saturated carbocycles. The van der Waals surface area contributed by atoms with Crippen molar-refractivity contribution in [1.82, 2.24) is 10.3 Å². The number of aromatic nitrogens is 1. The minimum absolute atomic E-state index is 0.0583. The van der Waals surface area contributed by atoms with Crippen molar-refractivity contribution in [1.29, 1.82) is 0 Å². The molecule has 0 spiro atoms. The highest BCUT2D eigenvalue weighted by atomic mass is 32.2. The molecule has 0 unspecified atom stereocenters. The summed E-state index contributed by atoms with van der Waals surface area (Å²) in [5.41, 5.74) is 2.31. The fourth-order valence-electron chi connectivity index (χ4n) is 1.70. The maximum atomic E-state index is 12.0. The van der Waals surface area contributed by atoms with Gasteiger partial charge in [-0.25, -0.2) is 0 Å². The highest BCUT2D eigenvalue weighted by Gasteiger charge is 2.12. The quantitative estimate of drug-likeness (QED) is 0.887. The molecular weight excluding hydrogens is 268 g/mol. The summed E-state index contributed by atoms with van der Waals surface area (Å²) in [4.78, 5) is 15.9. The Hall–Kier alpha value is -1.81. The predicted molar refractivity (Wildman–Crippen MR) is 83.3 cm³/mol. The number of nitrogens with one attached hydrogen (secondary N) is 1. The van der Waals surface area contributed by atoms with Gasteiger partial charge in [0.15, 0.2) is 0 Å². The van der Waals surface area contributed by atoms with Crippen LogP contribution >= 0.6 is 11.8 Å². The molecule has 0 saturated heterocycles. The van der Waals surface area contributed by atoms with Crippen molar-refractivity contribution < 1.29 is 4.79 Å². The van der Waals surface area contributed by atoms with Crippen LogP contribution in [0.5, 0.6) is 0 Å². The second-order valence-electron chi connectivity index (χ2n) is 4.51. The Kier molecular flexibility index (Phi) is 5.62. The molecule has 1 heterocycles. The lowest BCUT2D eigenvalue weighted by Crippen LogP contribution is -2.30. The van der Waals surface area contributed by atoms with E-state index in [-0.39, 0.29) is 11.2 Å². The average Bonchev–Trinajstić information content (AvgIpc) is 2.52. The van der Waals surface area contributed by atoms with Gasteiger partial charge >= 0.3 is 0 Å². The van der Waals surface area contributed by atoms with Crippen LogP contribution in [0.2, 0.25) is 0 Å². The van der Waals surface area contributed by atoms with Gasteiger partial charge in [0.1, 0.15) is 0 Å². The molecule has 0 aliphatic carbocycles. The monoisotopic (exact) mass is 286 g/mol. The van der Waals surface area contributed by atoms with E-state index in [1.807, 2.05) is 37.3 Å². The van der Waals surface area contributed by atoms with E-state index in [4.69, 9.17) is 0 Å². The lowest BCUT2D eigenvalue weighted by atomic mass is 10.2. The van der Waals surface area contributed by atoms with E-state index in [0.717, 1.165) is 11.3 Å². The molecule has 1 atom stereocenters. The van der Waals surface area contributed by atoms with Crippen LogP contribution in [0.4, 0.5) is 0 Å². The first-order valence-electron chi connectivity index (χ1n) is 6.58. The van der Waals surface area contributed by atoms with E-state index < -0.39 is 0 Å². The number of rotatable bonds is 6. The summed E-state index contributed by atoms with van der Waals surface area (Å²) < 4.78 is 0. The summed E-state index contributed by atoms with van der Waals surface area (Å²) in [6, 6.07) is 14.0. The van der Waals surface area contributed by atoms with Crippen LogP contribution in [0.25, 0.3) is 0 Å². The number of hydrogen-bond acceptors (Lipinski definition) is 3. The molecule has 0 radical (unpaired) electrons. The molecule has 2 aromatic rings. The molecule has 0 bridgehead atoms. The van der Waals surface area contributed by atoms with Gasteiger partial charge in [0, 0.05) is 24.7 Å². The molecule has 0 fully saturated rings. The Balaban J connectivity index is 1.75. The normalized spacial score (nSPS) is 11.8. The number of carbonyl (C=O) groups is 1. The summed E-state index contributed by atoms with van der Waals surface area (Å²) in [5, 5.41) is 2.89. The van der Waals surface area contributed by atoms with Crippen LogP contribution in [0.15, 0.2) is 54.9 Å². The van der Waals surface area contributed by atoms with E-state index in [9.17, 15) is 4.79 Å². The number of pyridine rings is 1. The van der Waals surface area contributed by atoms with Crippen molar-refractivity contribution >= 4 is 17.7 Å². The van der Waals surface area contributed by atoms with Crippen molar-refractivity contribution in [2.45, 2.75) is 24.5 Å². The number of thioether (sulfide) groups is 1. The maximum Gasteiger partial charge on any atom is 0.233 e. The van der Waals surface area contributed by atoms with E-state index >= 15 is 0 Å². The molecule has 0 aliphatic rings. The van der Waals surface area contributed by atoms with Crippen LogP contribution in [-0.4, -0.2) is 16.1 Å². The summed E-state index contributed by atoms with van der Waals surface area (Å²) in [7, 11) is 0. The lowest BCUT2D eigenvalue weighted by Gasteiger charge is -2.12. The number of nitrogens with zero attached hydrogens (tertiary/aromatic N) is 1. The van der Waals surface area contributed by atoms with Crippen molar-refractivity contribution in [3.05, 3.63) is 66.0 Å². The van der Waals surface area contributed by atoms with E-state index in [2.05, 4.69) is 22.4 Å². The molecule has 1 amide bonds. The Morgan fingerprint density at radius 1 is 1.15 bits per heavy atom. The molecule has 2 rings (SSSR count). The van der Waals surface area contributed by atoms with Crippen molar-refractivity contribution in [3.8, 4) is 0 Å². The van der Waals surface area contributed by atoms with E-state index in [0.29, 0.717) is 6.54 Å². The van der Waals surface area contributed by atoms with Gasteiger partial charge in [-0.3, -0.25) is 9.78 Å². The molecular formula is C16H18N2OS. The van der Waals surface area contributed by atoms with E-state index in [1.54, 1.807) is 24.2 Å². The van der Waals surface area contributed by atoms with Gasteiger partial charge in [0.2, 0.25) is 5.91 Å². The highest BCUT2D eigenvalue weighted by Crippen LogP contribution is 2.17. The third-order valence-electron chi connectivity index (χ3n) is 2.93. The zero-order valence-electron chi connectivity index (χ0n) is 11.5. The summed E-state index contributed by atoms with van der Waals surface area (Å²) in [5.74, 6) is 0.924. The summed E-state index contributed by atoms with van der Waals surface area (Å²) in [6.07, 6.45) is 3.46. The molecule has 20 heavy (non-hydrogen) atoms. The third kappa shape index (κ3) is 4.70. The van der Waals surface area contributed by atoms with E-state index in [1.165, 1.54) is 5.56 Å². The zero-order chi connectivity index (χ0) is 14.2. The van der Waals surface area contributed by atoms with Crippen LogP contribution in [0, 0.1) is 0 Å². The molecule has 1 aromatic heterocycles. The van der Waals surface area contributed by atoms with Gasteiger partial charge in [-0.05, 0) is 30.2 Å². The second kappa shape index (κ2) is 7.70. The molecule has 104 valence electrons. The fourth-order valence-corrected chi connectivity index (χ4v) is 2.57. The SMILES string of the molecule is C[C@H](SCc1ccccc1)C(=O)NCc1ccncc1. The summed E-state index contributed by atoms with van der Waals surface area (Å²) in [6.45, 7) is 2.49. The van der Waals surface area contributed by atoms with Gasteiger partial charge in [0.25, 0.3) is 0 Å². The second-order valence-corrected chi connectivity index (χ2v) is 5.84. The Morgan fingerprint density at radius 3 is 2.55 bits per heavy atom. The van der Waals surface area contributed by atoms with Crippen LogP contribution in [0.1, 0.15) is 18.1 Å². The fraction of sp³-hybridized carbons (Fsp3) is 0.250. The predicted octanol–water partition coefficient (Wildman–Crippen LogP) is 3.02. The maximum absolute atomic E-state index is 12.0. The van der Waals surface area contributed by atoms with Crippen molar-refractivity contribution in [3.63, 3.8) is 0 Å². The first kappa shape index (κ1) is 14.6. The molecule has 1 N–H and O–H groups in total. The highest BCUT2D eigenvalue weighted by molar-refractivity contribution is 7.99. The molecule has 0 aliphatic heterocycles. The van der Waals surface area contributed by atoms with Gasteiger partial charge < -0.3 is 5.32 Å². The minimum atomic E-state index is -0.0583. The Bertz CT molecular complexity index is 531. The van der Waals surface area contributed by atoms with Crippen molar-refractivity contribution in [2.75, 3.05) is 0 Å². The van der Waals surface area contributed by atoms with Gasteiger partial charge in [0.05, 0.1) is 5.25 Å². The smallest absolute Gasteiger partial charge is 0.233 e. The van der Waals surface area contributed by atoms with Crippen molar-refractivity contribution in [2.24, 2.45) is 0 Å². The lowest BCUT2D eigenvalue weighted by molar-refractivity contribution is -0.120. The largest absolute Gasteiger partial charge is 0.351 e. The molecule has 3 nitrogen and oxygen atoms in total. The van der Waals surface area contributed by atoms with Crippen LogP contribution in [-0.2, 0) is 17.1 Å². The van der Waals surface area contributed by atoms with Gasteiger partial charge in [-0.1, -0.05) is 30.3 Å². The zero-order valence-corrected chi connectivity index (χ0v) is 12.3. The molecule has 1 aromatic carbocycles. The Labute approximate surface area is 123 Å². The summed E-state index contributed by atoms with van der Waals surface area (Å²) >= 11 is 1.65. The first-order chi connectivity index (χ1) is 9.75. The van der Waals surface area contributed by atoms with Gasteiger partial charge in [-0.15, -0.1) is 11.8 Å². The molecule has 4 heteroatoms. The first-order valence-corrected chi connectivity index (χ1v) is 7.63. The minimum Gasteiger partial charge on any atom is -0.351 e. The standard InChI is InChI=1S/C16H18N2OS/c1-13(20-12-15-5-3-2-4-6-15)16(19)18-11-14-7-9-17-10-8-14/h2-10,13H,11-12H2,1H3,(H,18,19)/t13-/m0/s1. The number of amides is 1. The topological polar surface area (TPSA) is 42.0 Å².